The summed E-state index contributed by atoms with van der Waals surface area (Å²) in [5, 5.41) is 0. The monoisotopic (exact) mass is 180 g/mol. The molecule has 0 aromatic carbocycles. The molecule has 13 heavy (non-hydrogen) atoms. The average Bonchev–Trinajstić information content (AvgIpc) is 2.16. The lowest BCUT2D eigenvalue weighted by molar-refractivity contribution is -0.134. The Morgan fingerprint density at radius 3 is 2.62 bits per heavy atom. The zero-order valence-corrected chi connectivity index (χ0v) is 8.64. The Kier molecular flexibility index (Phi) is 3.71. The lowest BCUT2D eigenvalue weighted by atomic mass is 9.65. The number of allylic oxidation sites excluding steroid dienone is 1. The quantitative estimate of drug-likeness (QED) is 0.451. The highest BCUT2D eigenvalue weighted by Gasteiger charge is 2.42. The van der Waals surface area contributed by atoms with Crippen molar-refractivity contribution in [2.75, 3.05) is 0 Å². The van der Waals surface area contributed by atoms with Gasteiger partial charge >= 0.3 is 0 Å². The van der Waals surface area contributed by atoms with Crippen LogP contribution in [0.15, 0.2) is 12.7 Å². The third-order valence-corrected chi connectivity index (χ3v) is 3.22. The fraction of sp³-hybridized carbons (Fsp3) is 0.750. The van der Waals surface area contributed by atoms with Gasteiger partial charge in [-0.1, -0.05) is 38.7 Å². The fourth-order valence-corrected chi connectivity index (χ4v) is 2.00. The third kappa shape index (κ3) is 2.20. The molecule has 0 radical (unpaired) electrons. The Balaban J connectivity index is 2.25. The molecule has 0 aliphatic heterocycles. The number of hydrogen-bond acceptors (Lipinski definition) is 1. The van der Waals surface area contributed by atoms with Crippen LogP contribution in [0.2, 0.25) is 0 Å². The van der Waals surface area contributed by atoms with Crippen LogP contribution in [0.4, 0.5) is 0 Å². The SMILES string of the molecule is C=C[C@]1(CCCCCC)CCC1=O. The van der Waals surface area contributed by atoms with Crippen LogP contribution < -0.4 is 0 Å². The Labute approximate surface area is 81.2 Å². The summed E-state index contributed by atoms with van der Waals surface area (Å²) >= 11 is 0. The molecule has 0 N–H and O–H groups in total. The Hall–Kier alpha value is -0.590. The molecule has 1 saturated carbocycles. The number of Topliss-reactive ketones (excluding diaryl/α,β-unsaturated/α-hetero) is 1. The summed E-state index contributed by atoms with van der Waals surface area (Å²) in [6.45, 7) is 5.99. The van der Waals surface area contributed by atoms with Crippen LogP contribution in [0, 0.1) is 5.41 Å². The Morgan fingerprint density at radius 1 is 1.46 bits per heavy atom. The van der Waals surface area contributed by atoms with Crippen molar-refractivity contribution < 1.29 is 4.79 Å². The van der Waals surface area contributed by atoms with Gasteiger partial charge in [-0.05, 0) is 12.8 Å². The van der Waals surface area contributed by atoms with Gasteiger partial charge in [0, 0.05) is 11.8 Å². The molecular weight excluding hydrogens is 160 g/mol. The van der Waals surface area contributed by atoms with Crippen molar-refractivity contribution in [2.45, 2.75) is 51.9 Å². The first-order valence-electron chi connectivity index (χ1n) is 5.42. The second kappa shape index (κ2) is 4.59. The molecule has 74 valence electrons. The molecule has 0 heterocycles. The van der Waals surface area contributed by atoms with Crippen LogP contribution in [0.5, 0.6) is 0 Å². The van der Waals surface area contributed by atoms with E-state index in [1.54, 1.807) is 0 Å². The van der Waals surface area contributed by atoms with Gasteiger partial charge in [-0.15, -0.1) is 6.58 Å². The predicted octanol–water partition coefficient (Wildman–Crippen LogP) is 3.49. The molecule has 1 heteroatoms. The lowest BCUT2D eigenvalue weighted by Crippen LogP contribution is -2.38. The molecule has 0 bridgehead atoms. The van der Waals surface area contributed by atoms with Crippen molar-refractivity contribution in [2.24, 2.45) is 5.41 Å². The van der Waals surface area contributed by atoms with E-state index in [9.17, 15) is 4.79 Å². The first-order chi connectivity index (χ1) is 6.25. The first kappa shape index (κ1) is 10.5. The van der Waals surface area contributed by atoms with Crippen LogP contribution in [0.3, 0.4) is 0 Å². The summed E-state index contributed by atoms with van der Waals surface area (Å²) in [4.78, 5) is 11.4. The van der Waals surface area contributed by atoms with Gasteiger partial charge in [-0.2, -0.15) is 0 Å². The molecule has 1 aliphatic rings. The number of rotatable bonds is 6. The van der Waals surface area contributed by atoms with Crippen molar-refractivity contribution >= 4 is 5.78 Å². The topological polar surface area (TPSA) is 17.1 Å². The summed E-state index contributed by atoms with van der Waals surface area (Å²) < 4.78 is 0. The molecule has 1 atom stereocenters. The standard InChI is InChI=1S/C12H20O/c1-3-5-6-7-9-12(4-2)10-8-11(12)13/h4H,2-3,5-10H2,1H3/t12-/m0/s1. The van der Waals surface area contributed by atoms with E-state index in [2.05, 4.69) is 13.5 Å². The van der Waals surface area contributed by atoms with E-state index < -0.39 is 0 Å². The largest absolute Gasteiger partial charge is 0.299 e. The van der Waals surface area contributed by atoms with E-state index in [0.717, 1.165) is 19.3 Å². The van der Waals surface area contributed by atoms with E-state index in [1.165, 1.54) is 25.7 Å². The van der Waals surface area contributed by atoms with Gasteiger partial charge in [0.05, 0.1) is 0 Å². The number of carbonyl (C=O) groups is 1. The molecule has 0 amide bonds. The smallest absolute Gasteiger partial charge is 0.142 e. The van der Waals surface area contributed by atoms with E-state index in [0.29, 0.717) is 5.78 Å². The summed E-state index contributed by atoms with van der Waals surface area (Å²) in [5.41, 5.74) is -0.103. The summed E-state index contributed by atoms with van der Waals surface area (Å²) in [5.74, 6) is 0.416. The predicted molar refractivity (Wildman–Crippen MR) is 55.6 cm³/mol. The van der Waals surface area contributed by atoms with Crippen LogP contribution in [0.25, 0.3) is 0 Å². The highest BCUT2D eigenvalue weighted by atomic mass is 16.1. The second-order valence-electron chi connectivity index (χ2n) is 4.09. The van der Waals surface area contributed by atoms with E-state index in [1.807, 2.05) is 6.08 Å². The molecule has 0 aromatic rings. The molecule has 1 rings (SSSR count). The summed E-state index contributed by atoms with van der Waals surface area (Å²) in [7, 11) is 0. The van der Waals surface area contributed by atoms with Crippen molar-refractivity contribution in [1.29, 1.82) is 0 Å². The minimum absolute atomic E-state index is 0.103. The third-order valence-electron chi connectivity index (χ3n) is 3.22. The number of ketones is 1. The van der Waals surface area contributed by atoms with Crippen LogP contribution in [-0.2, 0) is 4.79 Å². The van der Waals surface area contributed by atoms with Crippen LogP contribution in [-0.4, -0.2) is 5.78 Å². The van der Waals surface area contributed by atoms with Gasteiger partial charge < -0.3 is 0 Å². The molecule has 1 fully saturated rings. The zero-order valence-electron chi connectivity index (χ0n) is 8.64. The minimum atomic E-state index is -0.103. The maximum atomic E-state index is 11.4. The van der Waals surface area contributed by atoms with Crippen molar-refractivity contribution in [3.63, 3.8) is 0 Å². The van der Waals surface area contributed by atoms with Gasteiger partial charge in [0.1, 0.15) is 5.78 Å². The lowest BCUT2D eigenvalue weighted by Gasteiger charge is -2.37. The molecule has 0 aromatic heterocycles. The fourth-order valence-electron chi connectivity index (χ4n) is 2.00. The number of carbonyl (C=O) groups excluding carboxylic acids is 1. The summed E-state index contributed by atoms with van der Waals surface area (Å²) in [6, 6.07) is 0. The molecule has 0 spiro atoms. The Morgan fingerprint density at radius 2 is 2.23 bits per heavy atom. The highest BCUT2D eigenvalue weighted by Crippen LogP contribution is 2.42. The molecule has 1 nitrogen and oxygen atoms in total. The first-order valence-corrected chi connectivity index (χ1v) is 5.42. The van der Waals surface area contributed by atoms with Gasteiger partial charge in [0.15, 0.2) is 0 Å². The van der Waals surface area contributed by atoms with E-state index in [4.69, 9.17) is 0 Å². The second-order valence-corrected chi connectivity index (χ2v) is 4.09. The normalized spacial score (nSPS) is 27.0. The number of unbranched alkanes of at least 4 members (excludes halogenated alkanes) is 3. The average molecular weight is 180 g/mol. The van der Waals surface area contributed by atoms with Crippen LogP contribution >= 0.6 is 0 Å². The Bertz CT molecular complexity index is 195. The molecular formula is C12H20O. The van der Waals surface area contributed by atoms with E-state index in [-0.39, 0.29) is 5.41 Å². The number of hydrogen-bond donors (Lipinski definition) is 0. The minimum Gasteiger partial charge on any atom is -0.299 e. The summed E-state index contributed by atoms with van der Waals surface area (Å²) in [6.07, 6.45) is 9.74. The highest BCUT2D eigenvalue weighted by molar-refractivity contribution is 5.92. The van der Waals surface area contributed by atoms with E-state index >= 15 is 0 Å². The zero-order chi connectivity index (χ0) is 9.73. The van der Waals surface area contributed by atoms with Gasteiger partial charge in [0.25, 0.3) is 0 Å². The van der Waals surface area contributed by atoms with Gasteiger partial charge in [-0.25, -0.2) is 0 Å². The van der Waals surface area contributed by atoms with Crippen molar-refractivity contribution in [1.82, 2.24) is 0 Å². The van der Waals surface area contributed by atoms with Crippen LogP contribution in [0.1, 0.15) is 51.9 Å². The maximum absolute atomic E-state index is 11.4. The molecule has 1 aliphatic carbocycles. The van der Waals surface area contributed by atoms with Gasteiger partial charge in [-0.3, -0.25) is 4.79 Å². The maximum Gasteiger partial charge on any atom is 0.142 e. The van der Waals surface area contributed by atoms with Crippen molar-refractivity contribution in [3.8, 4) is 0 Å². The van der Waals surface area contributed by atoms with Crippen molar-refractivity contribution in [3.05, 3.63) is 12.7 Å². The van der Waals surface area contributed by atoms with Gasteiger partial charge in [0.2, 0.25) is 0 Å². The molecule has 0 saturated heterocycles. The molecule has 0 unspecified atom stereocenters.